The molecule has 0 amide bonds. The van der Waals surface area contributed by atoms with Crippen molar-refractivity contribution < 1.29 is 12.6 Å². The Morgan fingerprint density at radius 1 is 1.06 bits per heavy atom. The van der Waals surface area contributed by atoms with E-state index in [-0.39, 0.29) is 6.10 Å². The van der Waals surface area contributed by atoms with E-state index >= 15 is 0 Å². The second kappa shape index (κ2) is 3.15. The summed E-state index contributed by atoms with van der Waals surface area (Å²) in [6, 6.07) is 0. The summed E-state index contributed by atoms with van der Waals surface area (Å²) in [5.41, 5.74) is 0. The Morgan fingerprint density at radius 3 is 2.47 bits per heavy atom. The van der Waals surface area contributed by atoms with Gasteiger partial charge in [0.2, 0.25) is 0 Å². The van der Waals surface area contributed by atoms with Crippen molar-refractivity contribution in [2.24, 2.45) is 35.5 Å². The normalized spacial score (nSPS) is 54.5. The van der Waals surface area contributed by atoms with E-state index in [2.05, 4.69) is 12.2 Å². The van der Waals surface area contributed by atoms with Crippen LogP contribution in [0.25, 0.3) is 0 Å². The van der Waals surface area contributed by atoms with Gasteiger partial charge in [-0.1, -0.05) is 12.2 Å². The van der Waals surface area contributed by atoms with Gasteiger partial charge in [0.25, 0.3) is 10.1 Å². The van der Waals surface area contributed by atoms with Crippen LogP contribution in [0, 0.1) is 35.5 Å². The number of hydrogen-bond donors (Lipinski definition) is 0. The van der Waals surface area contributed by atoms with Crippen LogP contribution in [0.1, 0.15) is 19.3 Å². The van der Waals surface area contributed by atoms with Crippen LogP contribution in [0.2, 0.25) is 0 Å². The van der Waals surface area contributed by atoms with Crippen molar-refractivity contribution in [3.05, 3.63) is 12.2 Å². The van der Waals surface area contributed by atoms with Gasteiger partial charge in [-0.25, -0.2) is 0 Å². The maximum atomic E-state index is 11.3. The van der Waals surface area contributed by atoms with Gasteiger partial charge in [-0.3, -0.25) is 4.18 Å². The van der Waals surface area contributed by atoms with Crippen molar-refractivity contribution in [3.63, 3.8) is 0 Å². The molecule has 7 unspecified atom stereocenters. The molecule has 0 aromatic carbocycles. The summed E-state index contributed by atoms with van der Waals surface area (Å²) >= 11 is 0. The van der Waals surface area contributed by atoms with Gasteiger partial charge in [-0.15, -0.1) is 0 Å². The van der Waals surface area contributed by atoms with Gasteiger partial charge in [0.15, 0.2) is 0 Å². The second-order valence-corrected chi connectivity index (χ2v) is 7.94. The molecule has 17 heavy (non-hydrogen) atoms. The zero-order chi connectivity index (χ0) is 11.8. The van der Waals surface area contributed by atoms with Crippen molar-refractivity contribution in [2.45, 2.75) is 25.4 Å². The van der Waals surface area contributed by atoms with Crippen molar-refractivity contribution >= 4 is 10.1 Å². The van der Waals surface area contributed by atoms with E-state index in [4.69, 9.17) is 4.18 Å². The standard InChI is InChI=1S/C13H18O3S/c1-17(14,15)16-11-6-9-5-10(11)13-8-3-2-7(4-8)12(9)13/h2-3,7-13H,4-6H2,1H3. The van der Waals surface area contributed by atoms with Crippen molar-refractivity contribution in [2.75, 3.05) is 6.26 Å². The predicted molar refractivity (Wildman–Crippen MR) is 63.6 cm³/mol. The van der Waals surface area contributed by atoms with Crippen LogP contribution in [-0.4, -0.2) is 20.8 Å². The maximum absolute atomic E-state index is 11.3. The first-order chi connectivity index (χ1) is 8.03. The van der Waals surface area contributed by atoms with E-state index in [1.807, 2.05) is 0 Å². The molecule has 0 spiro atoms. The van der Waals surface area contributed by atoms with E-state index in [9.17, 15) is 8.42 Å². The minimum Gasteiger partial charge on any atom is -0.267 e. The van der Waals surface area contributed by atoms with Gasteiger partial charge in [-0.05, 0) is 54.8 Å². The largest absolute Gasteiger partial charge is 0.267 e. The topological polar surface area (TPSA) is 43.4 Å². The SMILES string of the molecule is CS(=O)(=O)OC1CC2CC1C1C3C=CC(C3)C21. The van der Waals surface area contributed by atoms with Crippen LogP contribution in [0.3, 0.4) is 0 Å². The average Bonchev–Trinajstić information content (AvgIpc) is 2.91. The van der Waals surface area contributed by atoms with Crippen LogP contribution < -0.4 is 0 Å². The zero-order valence-corrected chi connectivity index (χ0v) is 10.8. The Morgan fingerprint density at radius 2 is 1.76 bits per heavy atom. The smallest absolute Gasteiger partial charge is 0.264 e. The molecule has 0 aromatic rings. The summed E-state index contributed by atoms with van der Waals surface area (Å²) in [7, 11) is -3.29. The molecule has 3 fully saturated rings. The summed E-state index contributed by atoms with van der Waals surface area (Å²) < 4.78 is 27.9. The zero-order valence-electron chi connectivity index (χ0n) is 9.95. The molecule has 4 aliphatic carbocycles. The quantitative estimate of drug-likeness (QED) is 0.429. The lowest BCUT2D eigenvalue weighted by Crippen LogP contribution is -2.36. The molecular weight excluding hydrogens is 236 g/mol. The third kappa shape index (κ3) is 1.40. The van der Waals surface area contributed by atoms with Crippen LogP contribution in [0.15, 0.2) is 12.2 Å². The second-order valence-electron chi connectivity index (χ2n) is 6.34. The highest BCUT2D eigenvalue weighted by Gasteiger charge is 2.61. The fourth-order valence-corrected chi connectivity index (χ4v) is 5.96. The average molecular weight is 254 g/mol. The molecule has 3 nitrogen and oxygen atoms in total. The molecule has 0 heterocycles. The van der Waals surface area contributed by atoms with Crippen LogP contribution in [0.4, 0.5) is 0 Å². The minimum absolute atomic E-state index is 0.0241. The first-order valence-electron chi connectivity index (χ1n) is 6.59. The molecule has 0 radical (unpaired) electrons. The van der Waals surface area contributed by atoms with Gasteiger partial charge in [0, 0.05) is 0 Å². The number of hydrogen-bond acceptors (Lipinski definition) is 3. The Bertz CT molecular complexity index is 481. The Labute approximate surface area is 102 Å². The maximum Gasteiger partial charge on any atom is 0.264 e. The van der Waals surface area contributed by atoms with E-state index in [0.717, 1.165) is 30.1 Å². The van der Waals surface area contributed by atoms with Crippen molar-refractivity contribution in [1.29, 1.82) is 0 Å². The number of fused-ring (bicyclic) bond motifs is 9. The van der Waals surface area contributed by atoms with Gasteiger partial charge in [0.05, 0.1) is 12.4 Å². The summed E-state index contributed by atoms with van der Waals surface area (Å²) in [5.74, 6) is 4.28. The summed E-state index contributed by atoms with van der Waals surface area (Å²) in [4.78, 5) is 0. The molecule has 0 saturated heterocycles. The molecule has 7 atom stereocenters. The van der Waals surface area contributed by atoms with Crippen LogP contribution in [0.5, 0.6) is 0 Å². The van der Waals surface area contributed by atoms with Crippen LogP contribution in [-0.2, 0) is 14.3 Å². The first kappa shape index (κ1) is 10.6. The Balaban J connectivity index is 1.61. The molecule has 4 bridgehead atoms. The van der Waals surface area contributed by atoms with Crippen molar-refractivity contribution in [3.8, 4) is 0 Å². The third-order valence-electron chi connectivity index (χ3n) is 5.51. The summed E-state index contributed by atoms with van der Waals surface area (Å²) in [6.07, 6.45) is 9.40. The van der Waals surface area contributed by atoms with Gasteiger partial charge < -0.3 is 0 Å². The number of allylic oxidation sites excluding steroid dienone is 2. The van der Waals surface area contributed by atoms with E-state index in [1.165, 1.54) is 19.1 Å². The van der Waals surface area contributed by atoms with E-state index < -0.39 is 10.1 Å². The Kier molecular flexibility index (Phi) is 1.96. The fraction of sp³-hybridized carbons (Fsp3) is 0.846. The van der Waals surface area contributed by atoms with Gasteiger partial charge >= 0.3 is 0 Å². The highest BCUT2D eigenvalue weighted by molar-refractivity contribution is 7.86. The summed E-state index contributed by atoms with van der Waals surface area (Å²) in [5, 5.41) is 0. The third-order valence-corrected chi connectivity index (χ3v) is 6.10. The molecule has 0 aliphatic heterocycles. The van der Waals surface area contributed by atoms with Crippen LogP contribution >= 0.6 is 0 Å². The first-order valence-corrected chi connectivity index (χ1v) is 8.41. The monoisotopic (exact) mass is 254 g/mol. The van der Waals surface area contributed by atoms with Crippen molar-refractivity contribution in [1.82, 2.24) is 0 Å². The minimum atomic E-state index is -3.29. The fourth-order valence-electron chi connectivity index (χ4n) is 5.29. The molecule has 0 aromatic heterocycles. The van der Waals surface area contributed by atoms with Gasteiger partial charge in [0.1, 0.15) is 0 Å². The molecule has 4 rings (SSSR count). The highest BCUT2D eigenvalue weighted by Crippen LogP contribution is 2.65. The lowest BCUT2D eigenvalue weighted by molar-refractivity contribution is 0.0720. The molecule has 4 heteroatoms. The van der Waals surface area contributed by atoms with E-state index in [1.54, 1.807) is 0 Å². The molecule has 3 saturated carbocycles. The summed E-state index contributed by atoms with van der Waals surface area (Å²) in [6.45, 7) is 0. The van der Waals surface area contributed by atoms with E-state index in [0.29, 0.717) is 11.8 Å². The molecule has 0 N–H and O–H groups in total. The number of rotatable bonds is 2. The molecular formula is C13H18O3S. The highest BCUT2D eigenvalue weighted by atomic mass is 32.2. The predicted octanol–water partition coefficient (Wildman–Crippen LogP) is 1.81. The molecule has 94 valence electrons. The lowest BCUT2D eigenvalue weighted by atomic mass is 9.72. The molecule has 4 aliphatic rings. The van der Waals surface area contributed by atoms with Gasteiger partial charge in [-0.2, -0.15) is 8.42 Å². The lowest BCUT2D eigenvalue weighted by Gasteiger charge is -2.35. The Hall–Kier alpha value is -0.350.